The van der Waals surface area contributed by atoms with E-state index in [1.807, 2.05) is 11.8 Å². The van der Waals surface area contributed by atoms with E-state index < -0.39 is 0 Å². The van der Waals surface area contributed by atoms with Crippen LogP contribution in [0.2, 0.25) is 0 Å². The predicted octanol–water partition coefficient (Wildman–Crippen LogP) is 3.84. The summed E-state index contributed by atoms with van der Waals surface area (Å²) in [4.78, 5) is 1.45. The first-order valence-electron chi connectivity index (χ1n) is 6.11. The molecule has 1 aromatic carbocycles. The Kier molecular flexibility index (Phi) is 3.93. The van der Waals surface area contributed by atoms with E-state index in [9.17, 15) is 0 Å². The van der Waals surface area contributed by atoms with Gasteiger partial charge in [-0.15, -0.1) is 11.8 Å². The van der Waals surface area contributed by atoms with Gasteiger partial charge in [0.1, 0.15) is 0 Å². The molecular formula is C14H21NS. The third-order valence-corrected chi connectivity index (χ3v) is 4.33. The average molecular weight is 235 g/mol. The van der Waals surface area contributed by atoms with Gasteiger partial charge in [0.05, 0.1) is 0 Å². The fourth-order valence-electron chi connectivity index (χ4n) is 2.38. The highest BCUT2D eigenvalue weighted by Gasteiger charge is 2.18. The molecule has 0 aromatic heterocycles. The van der Waals surface area contributed by atoms with Crippen LogP contribution in [0.15, 0.2) is 17.0 Å². The summed E-state index contributed by atoms with van der Waals surface area (Å²) in [6.07, 6.45) is 6.15. The van der Waals surface area contributed by atoms with Crippen LogP contribution < -0.4 is 5.32 Å². The third-order valence-electron chi connectivity index (χ3n) is 3.53. The standard InChI is InChI=1S/C14H21NS/c1-10-8-12(13-6-4-5-7-15-13)14(16-3)9-11(10)2/h8-9,13,15H,4-7H2,1-3H3. The van der Waals surface area contributed by atoms with Crippen molar-refractivity contribution in [3.05, 3.63) is 28.8 Å². The molecule has 0 aliphatic carbocycles. The number of rotatable bonds is 2. The Balaban J connectivity index is 2.33. The fraction of sp³-hybridized carbons (Fsp3) is 0.571. The maximum absolute atomic E-state index is 3.64. The summed E-state index contributed by atoms with van der Waals surface area (Å²) in [5.74, 6) is 0. The molecule has 88 valence electrons. The van der Waals surface area contributed by atoms with E-state index in [1.165, 1.54) is 47.4 Å². The molecule has 1 unspecified atom stereocenters. The number of hydrogen-bond acceptors (Lipinski definition) is 2. The maximum atomic E-state index is 3.64. The number of piperidine rings is 1. The minimum atomic E-state index is 0.579. The van der Waals surface area contributed by atoms with Crippen molar-refractivity contribution < 1.29 is 0 Å². The SMILES string of the molecule is CSc1cc(C)c(C)cc1C1CCCCN1. The minimum absolute atomic E-state index is 0.579. The molecule has 1 aliphatic heterocycles. The molecule has 2 rings (SSSR count). The summed E-state index contributed by atoms with van der Waals surface area (Å²) in [5.41, 5.74) is 4.33. The van der Waals surface area contributed by atoms with Crippen LogP contribution in [-0.2, 0) is 0 Å². The zero-order valence-electron chi connectivity index (χ0n) is 10.5. The lowest BCUT2D eigenvalue weighted by molar-refractivity contribution is 0.408. The normalized spacial score (nSPS) is 21.1. The van der Waals surface area contributed by atoms with Crippen molar-refractivity contribution in [1.29, 1.82) is 0 Å². The van der Waals surface area contributed by atoms with E-state index in [2.05, 4.69) is 37.6 Å². The summed E-state index contributed by atoms with van der Waals surface area (Å²) in [7, 11) is 0. The highest BCUT2D eigenvalue weighted by molar-refractivity contribution is 7.98. The van der Waals surface area contributed by atoms with Crippen LogP contribution >= 0.6 is 11.8 Å². The van der Waals surface area contributed by atoms with E-state index in [-0.39, 0.29) is 0 Å². The lowest BCUT2D eigenvalue weighted by Gasteiger charge is -2.26. The summed E-state index contributed by atoms with van der Waals surface area (Å²) in [6, 6.07) is 5.30. The van der Waals surface area contributed by atoms with Crippen molar-refractivity contribution in [1.82, 2.24) is 5.32 Å². The van der Waals surface area contributed by atoms with Crippen LogP contribution in [0.3, 0.4) is 0 Å². The van der Waals surface area contributed by atoms with Crippen molar-refractivity contribution in [2.24, 2.45) is 0 Å². The van der Waals surface area contributed by atoms with Gasteiger partial charge in [0.2, 0.25) is 0 Å². The molecule has 1 heterocycles. The molecule has 1 fully saturated rings. The third kappa shape index (κ3) is 2.44. The quantitative estimate of drug-likeness (QED) is 0.782. The van der Waals surface area contributed by atoms with Gasteiger partial charge in [-0.3, -0.25) is 0 Å². The predicted molar refractivity (Wildman–Crippen MR) is 72.3 cm³/mol. The van der Waals surface area contributed by atoms with Crippen LogP contribution in [0.4, 0.5) is 0 Å². The molecular weight excluding hydrogens is 214 g/mol. The van der Waals surface area contributed by atoms with Gasteiger partial charge in [-0.05, 0) is 62.2 Å². The van der Waals surface area contributed by atoms with Crippen molar-refractivity contribution in [2.45, 2.75) is 44.0 Å². The van der Waals surface area contributed by atoms with Gasteiger partial charge in [-0.2, -0.15) is 0 Å². The van der Waals surface area contributed by atoms with Crippen molar-refractivity contribution in [3.63, 3.8) is 0 Å². The Morgan fingerprint density at radius 3 is 2.56 bits per heavy atom. The molecule has 1 saturated heterocycles. The van der Waals surface area contributed by atoms with E-state index in [0.717, 1.165) is 0 Å². The molecule has 0 bridgehead atoms. The van der Waals surface area contributed by atoms with Gasteiger partial charge < -0.3 is 5.32 Å². The second-order valence-electron chi connectivity index (χ2n) is 4.68. The summed E-state index contributed by atoms with van der Waals surface area (Å²) < 4.78 is 0. The molecule has 2 heteroatoms. The summed E-state index contributed by atoms with van der Waals surface area (Å²) >= 11 is 1.87. The van der Waals surface area contributed by atoms with Crippen LogP contribution in [0.1, 0.15) is 42.0 Å². The Labute approximate surface area is 103 Å². The number of benzene rings is 1. The van der Waals surface area contributed by atoms with E-state index >= 15 is 0 Å². The highest BCUT2D eigenvalue weighted by atomic mass is 32.2. The number of aryl methyl sites for hydroxylation is 2. The first-order chi connectivity index (χ1) is 7.72. The number of thioether (sulfide) groups is 1. The number of hydrogen-bond donors (Lipinski definition) is 1. The molecule has 1 aliphatic rings. The van der Waals surface area contributed by atoms with Crippen molar-refractivity contribution in [2.75, 3.05) is 12.8 Å². The van der Waals surface area contributed by atoms with Gasteiger partial charge in [-0.25, -0.2) is 0 Å². The second-order valence-corrected chi connectivity index (χ2v) is 5.53. The fourth-order valence-corrected chi connectivity index (χ4v) is 3.11. The van der Waals surface area contributed by atoms with Gasteiger partial charge >= 0.3 is 0 Å². The van der Waals surface area contributed by atoms with E-state index in [0.29, 0.717) is 6.04 Å². The average Bonchev–Trinajstić information content (AvgIpc) is 2.33. The molecule has 0 radical (unpaired) electrons. The monoisotopic (exact) mass is 235 g/mol. The van der Waals surface area contributed by atoms with Crippen LogP contribution in [0.25, 0.3) is 0 Å². The Morgan fingerprint density at radius 2 is 1.94 bits per heavy atom. The first-order valence-corrected chi connectivity index (χ1v) is 7.33. The summed E-state index contributed by atoms with van der Waals surface area (Å²) in [5, 5.41) is 3.64. The zero-order valence-corrected chi connectivity index (χ0v) is 11.3. The lowest BCUT2D eigenvalue weighted by Crippen LogP contribution is -2.27. The Bertz CT molecular complexity index is 367. The van der Waals surface area contributed by atoms with Crippen molar-refractivity contribution >= 4 is 11.8 Å². The van der Waals surface area contributed by atoms with Gasteiger partial charge in [0.15, 0.2) is 0 Å². The molecule has 0 saturated carbocycles. The van der Waals surface area contributed by atoms with E-state index in [4.69, 9.17) is 0 Å². The minimum Gasteiger partial charge on any atom is -0.310 e. The largest absolute Gasteiger partial charge is 0.310 e. The molecule has 1 atom stereocenters. The topological polar surface area (TPSA) is 12.0 Å². The van der Waals surface area contributed by atoms with E-state index in [1.54, 1.807) is 0 Å². The van der Waals surface area contributed by atoms with Crippen molar-refractivity contribution in [3.8, 4) is 0 Å². The maximum Gasteiger partial charge on any atom is 0.0331 e. The molecule has 0 spiro atoms. The Hall–Kier alpha value is -0.470. The molecule has 1 N–H and O–H groups in total. The summed E-state index contributed by atoms with van der Waals surface area (Å²) in [6.45, 7) is 5.59. The van der Waals surface area contributed by atoms with Gasteiger partial charge in [0, 0.05) is 10.9 Å². The first kappa shape index (κ1) is 12.0. The van der Waals surface area contributed by atoms with Gasteiger partial charge in [-0.1, -0.05) is 12.5 Å². The molecule has 1 aromatic rings. The smallest absolute Gasteiger partial charge is 0.0331 e. The highest BCUT2D eigenvalue weighted by Crippen LogP contribution is 2.32. The van der Waals surface area contributed by atoms with Gasteiger partial charge in [0.25, 0.3) is 0 Å². The van der Waals surface area contributed by atoms with Crippen LogP contribution in [-0.4, -0.2) is 12.8 Å². The zero-order chi connectivity index (χ0) is 11.5. The number of nitrogens with one attached hydrogen (secondary N) is 1. The Morgan fingerprint density at radius 1 is 1.19 bits per heavy atom. The molecule has 1 nitrogen and oxygen atoms in total. The van der Waals surface area contributed by atoms with Crippen LogP contribution in [0, 0.1) is 13.8 Å². The second kappa shape index (κ2) is 5.24. The molecule has 16 heavy (non-hydrogen) atoms. The molecule has 0 amide bonds. The van der Waals surface area contributed by atoms with Crippen LogP contribution in [0.5, 0.6) is 0 Å². The lowest BCUT2D eigenvalue weighted by atomic mass is 9.95.